The van der Waals surface area contributed by atoms with Crippen LogP contribution in [0.4, 0.5) is 4.39 Å². The minimum absolute atomic E-state index is 0.0789. The Balaban J connectivity index is 1.88. The largest absolute Gasteiger partial charge is 0.319 e. The fourth-order valence-corrected chi connectivity index (χ4v) is 3.61. The molecule has 3 aromatic rings. The van der Waals surface area contributed by atoms with Gasteiger partial charge < -0.3 is 4.57 Å². The second kappa shape index (κ2) is 7.02. The molecule has 122 valence electrons. The predicted molar refractivity (Wildman–Crippen MR) is 92.0 cm³/mol. The second-order valence-corrected chi connectivity index (χ2v) is 7.00. The second-order valence-electron chi connectivity index (χ2n) is 5.04. The number of hydrogen-bond acceptors (Lipinski definition) is 4. The Morgan fingerprint density at radius 3 is 2.62 bits per heavy atom. The lowest BCUT2D eigenvalue weighted by molar-refractivity contribution is 0.0999. The number of hydrogen-bond donors (Lipinski definition) is 0. The summed E-state index contributed by atoms with van der Waals surface area (Å²) in [6.45, 7) is 1.75. The zero-order valence-corrected chi connectivity index (χ0v) is 14.4. The number of thiazole rings is 1. The van der Waals surface area contributed by atoms with Crippen molar-refractivity contribution in [1.82, 2.24) is 4.57 Å². The van der Waals surface area contributed by atoms with E-state index in [-0.39, 0.29) is 11.6 Å². The molecule has 24 heavy (non-hydrogen) atoms. The van der Waals surface area contributed by atoms with E-state index in [4.69, 9.17) is 0 Å². The quantitative estimate of drug-likeness (QED) is 0.666. The normalized spacial score (nSPS) is 11.7. The zero-order valence-electron chi connectivity index (χ0n) is 12.7. The average Bonchev–Trinajstić information content (AvgIpc) is 3.19. The summed E-state index contributed by atoms with van der Waals surface area (Å²) in [6.07, 6.45) is 1.76. The SMILES string of the molecule is CC(=O)c1ccc(C(=O)N=c2sccn2Cc2ccccc2F)s1. The van der Waals surface area contributed by atoms with Crippen molar-refractivity contribution >= 4 is 34.4 Å². The Kier molecular flexibility index (Phi) is 4.82. The van der Waals surface area contributed by atoms with Crippen molar-refractivity contribution in [3.63, 3.8) is 0 Å². The summed E-state index contributed by atoms with van der Waals surface area (Å²) >= 11 is 2.43. The monoisotopic (exact) mass is 360 g/mol. The van der Waals surface area contributed by atoms with Gasteiger partial charge in [0.2, 0.25) is 0 Å². The number of thiophene rings is 1. The maximum atomic E-state index is 13.8. The molecule has 7 heteroatoms. The lowest BCUT2D eigenvalue weighted by Crippen LogP contribution is -2.17. The third kappa shape index (κ3) is 3.58. The van der Waals surface area contributed by atoms with Crippen LogP contribution in [0, 0.1) is 5.82 Å². The van der Waals surface area contributed by atoms with Gasteiger partial charge >= 0.3 is 0 Å². The van der Waals surface area contributed by atoms with E-state index < -0.39 is 5.91 Å². The fraction of sp³-hybridized carbons (Fsp3) is 0.118. The number of carbonyl (C=O) groups is 2. The molecule has 0 spiro atoms. The topological polar surface area (TPSA) is 51.4 Å². The Morgan fingerprint density at radius 2 is 1.92 bits per heavy atom. The van der Waals surface area contributed by atoms with Crippen molar-refractivity contribution in [2.45, 2.75) is 13.5 Å². The molecule has 0 radical (unpaired) electrons. The molecule has 0 aliphatic heterocycles. The lowest BCUT2D eigenvalue weighted by atomic mass is 10.2. The van der Waals surface area contributed by atoms with Crippen LogP contribution < -0.4 is 4.80 Å². The summed E-state index contributed by atoms with van der Waals surface area (Å²) in [5.41, 5.74) is 0.528. The van der Waals surface area contributed by atoms with Gasteiger partial charge in [0, 0.05) is 17.1 Å². The Bertz CT molecular complexity index is 969. The van der Waals surface area contributed by atoms with Crippen LogP contribution in [0.1, 0.15) is 31.8 Å². The highest BCUT2D eigenvalue weighted by Gasteiger charge is 2.11. The molecule has 0 unspecified atom stereocenters. The van der Waals surface area contributed by atoms with Crippen molar-refractivity contribution in [1.29, 1.82) is 0 Å². The molecule has 2 aromatic heterocycles. The van der Waals surface area contributed by atoms with E-state index in [1.165, 1.54) is 24.3 Å². The predicted octanol–water partition coefficient (Wildman–Crippen LogP) is 3.74. The van der Waals surface area contributed by atoms with Crippen molar-refractivity contribution in [3.8, 4) is 0 Å². The first kappa shape index (κ1) is 16.5. The molecule has 0 bridgehead atoms. The number of benzene rings is 1. The smallest absolute Gasteiger partial charge is 0.289 e. The van der Waals surface area contributed by atoms with Crippen LogP contribution in [-0.2, 0) is 6.54 Å². The van der Waals surface area contributed by atoms with Crippen LogP contribution in [-0.4, -0.2) is 16.3 Å². The molecular formula is C17H13FN2O2S2. The number of Topliss-reactive ketones (excluding diaryl/α,β-unsaturated/α-hetero) is 1. The zero-order chi connectivity index (χ0) is 17.1. The molecule has 2 heterocycles. The summed E-state index contributed by atoms with van der Waals surface area (Å²) in [7, 11) is 0. The molecule has 0 saturated heterocycles. The molecule has 0 N–H and O–H groups in total. The standard InChI is InChI=1S/C17H13FN2O2S2/c1-11(21)14-6-7-15(24-14)16(22)19-17-20(8-9-23-17)10-12-4-2-3-5-13(12)18/h2-9H,10H2,1H3. The number of ketones is 1. The lowest BCUT2D eigenvalue weighted by Gasteiger charge is -2.04. The van der Waals surface area contributed by atoms with Crippen molar-refractivity contribution in [2.24, 2.45) is 4.99 Å². The minimum atomic E-state index is -0.405. The van der Waals surface area contributed by atoms with Crippen molar-refractivity contribution < 1.29 is 14.0 Å². The van der Waals surface area contributed by atoms with Crippen LogP contribution in [0.5, 0.6) is 0 Å². The van der Waals surface area contributed by atoms with Gasteiger partial charge in [0.15, 0.2) is 10.6 Å². The third-order valence-electron chi connectivity index (χ3n) is 3.32. The van der Waals surface area contributed by atoms with Gasteiger partial charge in [-0.1, -0.05) is 18.2 Å². The first-order valence-corrected chi connectivity index (χ1v) is 8.81. The maximum Gasteiger partial charge on any atom is 0.289 e. The van der Waals surface area contributed by atoms with E-state index in [1.54, 1.807) is 46.5 Å². The van der Waals surface area contributed by atoms with Gasteiger partial charge in [-0.15, -0.1) is 22.7 Å². The van der Waals surface area contributed by atoms with Crippen LogP contribution in [0.15, 0.2) is 53.0 Å². The summed E-state index contributed by atoms with van der Waals surface area (Å²) in [5, 5.41) is 1.79. The molecule has 4 nitrogen and oxygen atoms in total. The summed E-state index contributed by atoms with van der Waals surface area (Å²) in [5.74, 6) is -0.778. The summed E-state index contributed by atoms with van der Waals surface area (Å²) in [6, 6.07) is 9.72. The molecule has 0 aliphatic rings. The highest BCUT2D eigenvalue weighted by atomic mass is 32.1. The van der Waals surface area contributed by atoms with Gasteiger partial charge in [-0.05, 0) is 25.1 Å². The van der Waals surface area contributed by atoms with Gasteiger partial charge in [-0.2, -0.15) is 4.99 Å². The minimum Gasteiger partial charge on any atom is -0.319 e. The van der Waals surface area contributed by atoms with E-state index in [0.29, 0.717) is 26.7 Å². The number of halogens is 1. The maximum absolute atomic E-state index is 13.8. The van der Waals surface area contributed by atoms with E-state index in [0.717, 1.165) is 11.3 Å². The van der Waals surface area contributed by atoms with Gasteiger partial charge in [0.05, 0.1) is 16.3 Å². The highest BCUT2D eigenvalue weighted by Crippen LogP contribution is 2.17. The van der Waals surface area contributed by atoms with E-state index >= 15 is 0 Å². The number of carbonyl (C=O) groups excluding carboxylic acids is 2. The molecular weight excluding hydrogens is 347 g/mol. The molecule has 1 aromatic carbocycles. The molecule has 0 aliphatic carbocycles. The first-order chi connectivity index (χ1) is 11.5. The fourth-order valence-electron chi connectivity index (χ4n) is 2.10. The Hall–Kier alpha value is -2.38. The van der Waals surface area contributed by atoms with Gasteiger partial charge in [0.25, 0.3) is 5.91 Å². The third-order valence-corrected chi connectivity index (χ3v) is 5.29. The number of rotatable bonds is 4. The number of amides is 1. The molecule has 0 saturated carbocycles. The number of aromatic nitrogens is 1. The average molecular weight is 360 g/mol. The summed E-state index contributed by atoms with van der Waals surface area (Å²) < 4.78 is 15.5. The number of nitrogens with zero attached hydrogens (tertiary/aromatic N) is 2. The van der Waals surface area contributed by atoms with Crippen LogP contribution >= 0.6 is 22.7 Å². The van der Waals surface area contributed by atoms with Crippen molar-refractivity contribution in [3.05, 3.63) is 73.9 Å². The van der Waals surface area contributed by atoms with Gasteiger partial charge in [0.1, 0.15) is 5.82 Å². The van der Waals surface area contributed by atoms with Crippen LogP contribution in [0.25, 0.3) is 0 Å². The van der Waals surface area contributed by atoms with Gasteiger partial charge in [-0.3, -0.25) is 9.59 Å². The van der Waals surface area contributed by atoms with Gasteiger partial charge in [-0.25, -0.2) is 4.39 Å². The first-order valence-electron chi connectivity index (χ1n) is 7.12. The Labute approximate surface area is 145 Å². The molecule has 1 amide bonds. The van der Waals surface area contributed by atoms with E-state index in [2.05, 4.69) is 4.99 Å². The van der Waals surface area contributed by atoms with Crippen molar-refractivity contribution in [2.75, 3.05) is 0 Å². The van der Waals surface area contributed by atoms with E-state index in [1.807, 2.05) is 0 Å². The molecule has 0 atom stereocenters. The highest BCUT2D eigenvalue weighted by molar-refractivity contribution is 7.16. The van der Waals surface area contributed by atoms with Crippen LogP contribution in [0.2, 0.25) is 0 Å². The summed E-state index contributed by atoms with van der Waals surface area (Å²) in [4.78, 5) is 29.1. The van der Waals surface area contributed by atoms with Crippen LogP contribution in [0.3, 0.4) is 0 Å². The molecule has 0 fully saturated rings. The van der Waals surface area contributed by atoms with E-state index in [9.17, 15) is 14.0 Å². The Morgan fingerprint density at radius 1 is 1.17 bits per heavy atom. The molecule has 3 rings (SSSR count).